The summed E-state index contributed by atoms with van der Waals surface area (Å²) in [6.45, 7) is 0. The van der Waals surface area contributed by atoms with Crippen LogP contribution in [-0.2, 0) is 16.0 Å². The van der Waals surface area contributed by atoms with Crippen molar-refractivity contribution >= 4 is 34.8 Å². The third-order valence-corrected chi connectivity index (χ3v) is 5.50. The molecule has 1 fully saturated rings. The van der Waals surface area contributed by atoms with Crippen molar-refractivity contribution in [3.8, 4) is 10.6 Å². The lowest BCUT2D eigenvalue weighted by atomic mass is 9.97. The van der Waals surface area contributed by atoms with Gasteiger partial charge in [0, 0.05) is 10.9 Å². The second-order valence-corrected chi connectivity index (χ2v) is 7.21. The van der Waals surface area contributed by atoms with Gasteiger partial charge in [-0.15, -0.1) is 11.3 Å². The fourth-order valence-electron chi connectivity index (χ4n) is 2.99. The Morgan fingerprint density at radius 3 is 2.67 bits per heavy atom. The number of nitrogens with zero attached hydrogens (tertiary/aromatic N) is 1. The van der Waals surface area contributed by atoms with Crippen molar-refractivity contribution in [1.82, 2.24) is 10.3 Å². The van der Waals surface area contributed by atoms with Crippen LogP contribution in [0.2, 0.25) is 5.02 Å². The number of rotatable bonds is 5. The molecule has 0 radical (unpaired) electrons. The highest BCUT2D eigenvalue weighted by Gasteiger charge is 2.42. The van der Waals surface area contributed by atoms with Gasteiger partial charge in [-0.1, -0.05) is 42.6 Å². The van der Waals surface area contributed by atoms with Crippen LogP contribution in [0.4, 0.5) is 0 Å². The molecule has 2 aromatic rings. The van der Waals surface area contributed by atoms with E-state index in [-0.39, 0.29) is 12.3 Å². The Morgan fingerprint density at radius 1 is 1.29 bits per heavy atom. The number of amides is 1. The minimum atomic E-state index is -1.11. The highest BCUT2D eigenvalue weighted by atomic mass is 35.5. The molecular weight excluding hydrogens is 348 g/mol. The predicted octanol–water partition coefficient (Wildman–Crippen LogP) is 3.52. The number of thiazole rings is 1. The van der Waals surface area contributed by atoms with E-state index in [4.69, 9.17) is 11.6 Å². The number of aromatic nitrogens is 1. The summed E-state index contributed by atoms with van der Waals surface area (Å²) in [5.74, 6) is -1.27. The van der Waals surface area contributed by atoms with Gasteiger partial charge in [0.2, 0.25) is 5.91 Å². The Morgan fingerprint density at radius 2 is 2.00 bits per heavy atom. The molecule has 1 saturated carbocycles. The first kappa shape index (κ1) is 16.9. The van der Waals surface area contributed by atoms with Crippen molar-refractivity contribution in [2.24, 2.45) is 0 Å². The van der Waals surface area contributed by atoms with Crippen molar-refractivity contribution in [3.63, 3.8) is 0 Å². The summed E-state index contributed by atoms with van der Waals surface area (Å²) >= 11 is 7.58. The van der Waals surface area contributed by atoms with Gasteiger partial charge < -0.3 is 10.4 Å². The van der Waals surface area contributed by atoms with E-state index >= 15 is 0 Å². The average molecular weight is 365 g/mol. The van der Waals surface area contributed by atoms with Crippen molar-refractivity contribution in [2.75, 3.05) is 0 Å². The minimum Gasteiger partial charge on any atom is -0.480 e. The van der Waals surface area contributed by atoms with Crippen LogP contribution in [0.25, 0.3) is 10.6 Å². The molecule has 1 aromatic carbocycles. The Kier molecular flexibility index (Phi) is 4.87. The van der Waals surface area contributed by atoms with Gasteiger partial charge in [-0.2, -0.15) is 0 Å². The molecule has 0 unspecified atom stereocenters. The molecule has 1 heterocycles. The zero-order valence-electron chi connectivity index (χ0n) is 12.9. The van der Waals surface area contributed by atoms with Crippen LogP contribution in [0.5, 0.6) is 0 Å². The lowest BCUT2D eigenvalue weighted by Gasteiger charge is -2.25. The predicted molar refractivity (Wildman–Crippen MR) is 93.2 cm³/mol. The van der Waals surface area contributed by atoms with Gasteiger partial charge in [-0.3, -0.25) is 4.79 Å². The van der Waals surface area contributed by atoms with Crippen LogP contribution in [0.15, 0.2) is 29.6 Å². The SMILES string of the molecule is O=C(Cc1csc(-c2ccccc2Cl)n1)NC1(C(=O)O)CCCC1. The molecule has 1 aliphatic rings. The normalized spacial score (nSPS) is 16.0. The molecule has 0 bridgehead atoms. The largest absolute Gasteiger partial charge is 0.480 e. The van der Waals surface area contributed by atoms with Crippen LogP contribution in [0.3, 0.4) is 0 Å². The van der Waals surface area contributed by atoms with E-state index in [9.17, 15) is 14.7 Å². The topological polar surface area (TPSA) is 79.3 Å². The molecule has 24 heavy (non-hydrogen) atoms. The maximum Gasteiger partial charge on any atom is 0.329 e. The quantitative estimate of drug-likeness (QED) is 0.850. The Hall–Kier alpha value is -1.92. The van der Waals surface area contributed by atoms with Crippen LogP contribution >= 0.6 is 22.9 Å². The van der Waals surface area contributed by atoms with Gasteiger partial charge in [0.25, 0.3) is 0 Å². The molecular formula is C17H17ClN2O3S. The zero-order valence-corrected chi connectivity index (χ0v) is 14.5. The average Bonchev–Trinajstić information content (AvgIpc) is 3.18. The second kappa shape index (κ2) is 6.91. The van der Waals surface area contributed by atoms with Crippen molar-refractivity contribution in [2.45, 2.75) is 37.6 Å². The molecule has 3 rings (SSSR count). The van der Waals surface area contributed by atoms with Crippen LogP contribution in [-0.4, -0.2) is 27.5 Å². The van der Waals surface area contributed by atoms with E-state index in [1.807, 2.05) is 18.2 Å². The number of aliphatic carboxylic acids is 1. The smallest absolute Gasteiger partial charge is 0.329 e. The molecule has 0 spiro atoms. The van der Waals surface area contributed by atoms with E-state index in [0.29, 0.717) is 23.6 Å². The number of nitrogens with one attached hydrogen (secondary N) is 1. The van der Waals surface area contributed by atoms with Crippen LogP contribution < -0.4 is 5.32 Å². The van der Waals surface area contributed by atoms with Crippen molar-refractivity contribution in [1.29, 1.82) is 0 Å². The molecule has 0 atom stereocenters. The standard InChI is InChI=1S/C17H17ClN2O3S/c18-13-6-2-1-5-12(13)15-19-11(10-24-15)9-14(21)20-17(16(22)23)7-3-4-8-17/h1-2,5-6,10H,3-4,7-9H2,(H,20,21)(H,22,23). The summed E-state index contributed by atoms with van der Waals surface area (Å²) in [6.07, 6.45) is 2.67. The molecule has 5 nitrogen and oxygen atoms in total. The maximum absolute atomic E-state index is 12.3. The number of carboxylic acid groups (broad SMARTS) is 1. The third-order valence-electron chi connectivity index (χ3n) is 4.24. The fraction of sp³-hybridized carbons (Fsp3) is 0.353. The van der Waals surface area contributed by atoms with E-state index in [0.717, 1.165) is 23.4 Å². The van der Waals surface area contributed by atoms with Gasteiger partial charge in [-0.05, 0) is 18.9 Å². The molecule has 1 aromatic heterocycles. The maximum atomic E-state index is 12.3. The fourth-order valence-corrected chi connectivity index (χ4v) is 4.13. The summed E-state index contributed by atoms with van der Waals surface area (Å²) in [5, 5.41) is 15.3. The lowest BCUT2D eigenvalue weighted by Crippen LogP contribution is -2.52. The summed E-state index contributed by atoms with van der Waals surface area (Å²) in [7, 11) is 0. The summed E-state index contributed by atoms with van der Waals surface area (Å²) in [5.41, 5.74) is 0.332. The molecule has 0 aliphatic heterocycles. The molecule has 126 valence electrons. The van der Waals surface area contributed by atoms with E-state index in [2.05, 4.69) is 10.3 Å². The Balaban J connectivity index is 1.70. The molecule has 2 N–H and O–H groups in total. The van der Waals surface area contributed by atoms with Gasteiger partial charge in [0.05, 0.1) is 17.1 Å². The number of benzene rings is 1. The van der Waals surface area contributed by atoms with E-state index in [1.54, 1.807) is 11.4 Å². The first-order chi connectivity index (χ1) is 11.5. The first-order valence-electron chi connectivity index (χ1n) is 7.74. The monoisotopic (exact) mass is 364 g/mol. The van der Waals surface area contributed by atoms with Crippen molar-refractivity contribution in [3.05, 3.63) is 40.4 Å². The van der Waals surface area contributed by atoms with Crippen LogP contribution in [0, 0.1) is 0 Å². The molecule has 0 saturated heterocycles. The number of halogens is 1. The zero-order chi connectivity index (χ0) is 17.2. The number of carbonyl (C=O) groups excluding carboxylic acids is 1. The van der Waals surface area contributed by atoms with Gasteiger partial charge in [0.1, 0.15) is 10.5 Å². The number of hydrogen-bond donors (Lipinski definition) is 2. The number of hydrogen-bond acceptors (Lipinski definition) is 4. The number of carboxylic acids is 1. The summed E-state index contributed by atoms with van der Waals surface area (Å²) < 4.78 is 0. The van der Waals surface area contributed by atoms with Gasteiger partial charge >= 0.3 is 5.97 Å². The molecule has 1 amide bonds. The van der Waals surface area contributed by atoms with Crippen LogP contribution in [0.1, 0.15) is 31.4 Å². The number of carbonyl (C=O) groups is 2. The lowest BCUT2D eigenvalue weighted by molar-refractivity contribution is -0.147. The van der Waals surface area contributed by atoms with Gasteiger partial charge in [-0.25, -0.2) is 9.78 Å². The van der Waals surface area contributed by atoms with Gasteiger partial charge in [0.15, 0.2) is 0 Å². The Bertz CT molecular complexity index is 769. The van der Waals surface area contributed by atoms with E-state index in [1.165, 1.54) is 11.3 Å². The minimum absolute atomic E-state index is 0.0655. The second-order valence-electron chi connectivity index (χ2n) is 5.94. The highest BCUT2D eigenvalue weighted by Crippen LogP contribution is 2.31. The molecule has 1 aliphatic carbocycles. The first-order valence-corrected chi connectivity index (χ1v) is 9.00. The summed E-state index contributed by atoms with van der Waals surface area (Å²) in [6, 6.07) is 7.40. The van der Waals surface area contributed by atoms with E-state index < -0.39 is 11.5 Å². The van der Waals surface area contributed by atoms with Crippen molar-refractivity contribution < 1.29 is 14.7 Å². The summed E-state index contributed by atoms with van der Waals surface area (Å²) in [4.78, 5) is 28.2. The molecule has 7 heteroatoms. The third kappa shape index (κ3) is 3.44. The Labute approximate surface area is 148 Å². The highest BCUT2D eigenvalue weighted by molar-refractivity contribution is 7.13.